The van der Waals surface area contributed by atoms with Crippen LogP contribution in [-0.4, -0.2) is 14.1 Å². The molecule has 0 fully saturated rings. The van der Waals surface area contributed by atoms with Crippen molar-refractivity contribution < 1.29 is 4.74 Å². The topological polar surface area (TPSA) is 32.0 Å². The number of para-hydroxylation sites is 4. The van der Waals surface area contributed by atoms with E-state index in [0.29, 0.717) is 0 Å². The van der Waals surface area contributed by atoms with Gasteiger partial charge in [0, 0.05) is 28.4 Å². The number of aromatic nitrogens is 3. The Hall–Kier alpha value is -4.83. The molecule has 0 radical (unpaired) electrons. The molecule has 3 heterocycles. The molecule has 8 rings (SSSR count). The molecule has 0 bridgehead atoms. The average Bonchev–Trinajstić information content (AvgIpc) is 3.51. The van der Waals surface area contributed by atoms with Gasteiger partial charge in [-0.05, 0) is 54.1 Å². The number of fused-ring (bicyclic) bond motifs is 5. The summed E-state index contributed by atoms with van der Waals surface area (Å²) < 4.78 is 10.9. The van der Waals surface area contributed by atoms with Gasteiger partial charge in [0.15, 0.2) is 11.5 Å². The molecule has 4 nitrogen and oxygen atoms in total. The molecule has 1 aliphatic rings. The summed E-state index contributed by atoms with van der Waals surface area (Å²) in [6.07, 6.45) is 0.842. The first-order valence-electron chi connectivity index (χ1n) is 12.7. The molecule has 0 atom stereocenters. The Kier molecular flexibility index (Phi) is 4.17. The molecule has 4 heteroatoms. The first-order valence-corrected chi connectivity index (χ1v) is 12.7. The lowest BCUT2D eigenvalue weighted by atomic mass is 10.0. The second-order valence-corrected chi connectivity index (χ2v) is 9.51. The summed E-state index contributed by atoms with van der Waals surface area (Å²) in [5, 5.41) is 2.54. The third-order valence-electron chi connectivity index (χ3n) is 7.50. The standard InChI is InChI=1S/C33H23N3O/c1-2-31-34-32-23(19-20-30-33(32)36(31)28-13-7-8-14-29(28)37-30)21-15-17-22(18-16-21)35-26-11-5-3-9-24(26)25-10-4-6-12-27(25)35/h3-20H,2H2,1H3. The number of hydrogen-bond donors (Lipinski definition) is 0. The maximum atomic E-state index is 6.28. The van der Waals surface area contributed by atoms with E-state index in [4.69, 9.17) is 9.72 Å². The third-order valence-corrected chi connectivity index (χ3v) is 7.50. The lowest BCUT2D eigenvalue weighted by molar-refractivity contribution is 0.474. The normalized spacial score (nSPS) is 12.2. The van der Waals surface area contributed by atoms with E-state index in [1.54, 1.807) is 0 Å². The Labute approximate surface area is 214 Å². The molecule has 176 valence electrons. The van der Waals surface area contributed by atoms with Crippen molar-refractivity contribution >= 4 is 32.8 Å². The summed E-state index contributed by atoms with van der Waals surface area (Å²) in [4.78, 5) is 5.11. The van der Waals surface area contributed by atoms with Crippen molar-refractivity contribution in [2.24, 2.45) is 0 Å². The van der Waals surface area contributed by atoms with E-state index in [2.05, 4.69) is 113 Å². The highest BCUT2D eigenvalue weighted by Crippen LogP contribution is 2.44. The Morgan fingerprint density at radius 2 is 1.32 bits per heavy atom. The van der Waals surface area contributed by atoms with Gasteiger partial charge in [-0.25, -0.2) is 4.98 Å². The van der Waals surface area contributed by atoms with Gasteiger partial charge in [0.25, 0.3) is 0 Å². The second-order valence-electron chi connectivity index (χ2n) is 9.51. The highest BCUT2D eigenvalue weighted by atomic mass is 16.5. The molecular weight excluding hydrogens is 454 g/mol. The molecule has 1 aliphatic heterocycles. The largest absolute Gasteiger partial charge is 0.453 e. The number of hydrogen-bond acceptors (Lipinski definition) is 2. The first kappa shape index (κ1) is 20.4. The number of imidazole rings is 1. The van der Waals surface area contributed by atoms with Crippen LogP contribution in [0.2, 0.25) is 0 Å². The van der Waals surface area contributed by atoms with Crippen molar-refractivity contribution in [1.29, 1.82) is 0 Å². The van der Waals surface area contributed by atoms with Crippen molar-refractivity contribution in [3.63, 3.8) is 0 Å². The van der Waals surface area contributed by atoms with Crippen LogP contribution in [-0.2, 0) is 6.42 Å². The summed E-state index contributed by atoms with van der Waals surface area (Å²) in [5.74, 6) is 2.76. The van der Waals surface area contributed by atoms with Gasteiger partial charge in [-0.15, -0.1) is 0 Å². The first-order chi connectivity index (χ1) is 18.3. The fraction of sp³-hybridized carbons (Fsp3) is 0.0606. The quantitative estimate of drug-likeness (QED) is 0.256. The van der Waals surface area contributed by atoms with Gasteiger partial charge in [-0.1, -0.05) is 67.6 Å². The van der Waals surface area contributed by atoms with E-state index in [9.17, 15) is 0 Å². The van der Waals surface area contributed by atoms with Gasteiger partial charge >= 0.3 is 0 Å². The van der Waals surface area contributed by atoms with E-state index in [1.807, 2.05) is 12.1 Å². The summed E-state index contributed by atoms with van der Waals surface area (Å²) >= 11 is 0. The van der Waals surface area contributed by atoms with Gasteiger partial charge in [0.05, 0.1) is 16.7 Å². The molecule has 5 aromatic carbocycles. The lowest BCUT2D eigenvalue weighted by Crippen LogP contribution is -2.06. The number of benzene rings is 5. The zero-order chi connectivity index (χ0) is 24.5. The molecule has 0 spiro atoms. The minimum atomic E-state index is 0.842. The van der Waals surface area contributed by atoms with E-state index in [1.165, 1.54) is 21.8 Å². The van der Waals surface area contributed by atoms with Crippen LogP contribution in [0.3, 0.4) is 0 Å². The minimum absolute atomic E-state index is 0.842. The monoisotopic (exact) mass is 477 g/mol. The van der Waals surface area contributed by atoms with Crippen molar-refractivity contribution in [2.75, 3.05) is 0 Å². The summed E-state index contributed by atoms with van der Waals surface area (Å²) in [5.41, 5.74) is 8.90. The summed E-state index contributed by atoms with van der Waals surface area (Å²) in [6, 6.07) is 38.5. The fourth-order valence-electron chi connectivity index (χ4n) is 5.85. The molecule has 37 heavy (non-hydrogen) atoms. The molecule has 0 saturated heterocycles. The molecule has 0 amide bonds. The van der Waals surface area contributed by atoms with Gasteiger partial charge in [0.1, 0.15) is 16.9 Å². The van der Waals surface area contributed by atoms with Gasteiger partial charge < -0.3 is 9.30 Å². The van der Waals surface area contributed by atoms with Gasteiger partial charge in [-0.2, -0.15) is 0 Å². The Bertz CT molecular complexity index is 1940. The smallest absolute Gasteiger partial charge is 0.153 e. The SMILES string of the molecule is CCc1nc2c(-c3ccc(-n4c5ccccc5c5ccccc54)cc3)ccc3c2n1-c1ccccc1O3. The maximum absolute atomic E-state index is 6.28. The third kappa shape index (κ3) is 2.81. The van der Waals surface area contributed by atoms with E-state index in [0.717, 1.165) is 57.3 Å². The van der Waals surface area contributed by atoms with Crippen LogP contribution in [0.25, 0.3) is 55.3 Å². The summed E-state index contributed by atoms with van der Waals surface area (Å²) in [7, 11) is 0. The van der Waals surface area contributed by atoms with E-state index < -0.39 is 0 Å². The molecule has 0 aliphatic carbocycles. The Morgan fingerprint density at radius 3 is 2.05 bits per heavy atom. The highest BCUT2D eigenvalue weighted by Gasteiger charge is 2.25. The number of ether oxygens (including phenoxy) is 1. The average molecular weight is 478 g/mol. The van der Waals surface area contributed by atoms with Crippen LogP contribution in [0.1, 0.15) is 12.7 Å². The van der Waals surface area contributed by atoms with E-state index >= 15 is 0 Å². The molecule has 0 N–H and O–H groups in total. The van der Waals surface area contributed by atoms with Crippen LogP contribution < -0.4 is 4.74 Å². The number of aryl methyl sites for hydroxylation is 1. The van der Waals surface area contributed by atoms with Gasteiger partial charge in [0.2, 0.25) is 0 Å². The Morgan fingerprint density at radius 1 is 0.649 bits per heavy atom. The molecule has 0 unspecified atom stereocenters. The van der Waals surface area contributed by atoms with Crippen molar-refractivity contribution in [3.8, 4) is 34.0 Å². The van der Waals surface area contributed by atoms with Gasteiger partial charge in [-0.3, -0.25) is 4.57 Å². The lowest BCUT2D eigenvalue weighted by Gasteiger charge is -2.21. The maximum Gasteiger partial charge on any atom is 0.153 e. The van der Waals surface area contributed by atoms with Crippen molar-refractivity contribution in [2.45, 2.75) is 13.3 Å². The zero-order valence-corrected chi connectivity index (χ0v) is 20.3. The number of nitrogens with zero attached hydrogens (tertiary/aromatic N) is 3. The minimum Gasteiger partial charge on any atom is -0.453 e. The number of rotatable bonds is 3. The van der Waals surface area contributed by atoms with Crippen molar-refractivity contribution in [1.82, 2.24) is 14.1 Å². The summed E-state index contributed by atoms with van der Waals surface area (Å²) in [6.45, 7) is 2.16. The van der Waals surface area contributed by atoms with E-state index in [-0.39, 0.29) is 0 Å². The highest BCUT2D eigenvalue weighted by molar-refractivity contribution is 6.09. The van der Waals surface area contributed by atoms with Crippen molar-refractivity contribution in [3.05, 3.63) is 115 Å². The van der Waals surface area contributed by atoms with Crippen LogP contribution >= 0.6 is 0 Å². The molecule has 2 aromatic heterocycles. The Balaban J connectivity index is 1.31. The molecular formula is C33H23N3O. The van der Waals surface area contributed by atoms with Crippen LogP contribution in [0.15, 0.2) is 109 Å². The molecule has 7 aromatic rings. The van der Waals surface area contributed by atoms with Crippen LogP contribution in [0.5, 0.6) is 11.5 Å². The second kappa shape index (κ2) is 7.58. The predicted octanol–water partition coefficient (Wildman–Crippen LogP) is 8.46. The van der Waals surface area contributed by atoms with Crippen LogP contribution in [0.4, 0.5) is 0 Å². The zero-order valence-electron chi connectivity index (χ0n) is 20.3. The predicted molar refractivity (Wildman–Crippen MR) is 150 cm³/mol. The fourth-order valence-corrected chi connectivity index (χ4v) is 5.85. The molecule has 0 saturated carbocycles. The van der Waals surface area contributed by atoms with Crippen LogP contribution in [0, 0.1) is 0 Å².